The molecule has 0 heterocycles. The van der Waals surface area contributed by atoms with Crippen LogP contribution in [0.2, 0.25) is 0 Å². The van der Waals surface area contributed by atoms with Crippen LogP contribution in [-0.2, 0) is 0 Å². The lowest BCUT2D eigenvalue weighted by molar-refractivity contribution is 0.409. The first-order valence-electron chi connectivity index (χ1n) is 5.23. The van der Waals surface area contributed by atoms with Gasteiger partial charge in [0, 0.05) is 24.1 Å². The predicted octanol–water partition coefficient (Wildman–Crippen LogP) is 2.51. The molecule has 1 aromatic rings. The van der Waals surface area contributed by atoms with Crippen molar-refractivity contribution in [3.05, 3.63) is 29.6 Å². The highest BCUT2D eigenvalue weighted by atomic mass is 19.1. The lowest BCUT2D eigenvalue weighted by Gasteiger charge is -2.16. The van der Waals surface area contributed by atoms with Gasteiger partial charge in [-0.15, -0.1) is 12.3 Å². The fourth-order valence-electron chi connectivity index (χ4n) is 1.57. The molecule has 0 saturated carbocycles. The van der Waals surface area contributed by atoms with E-state index in [1.54, 1.807) is 12.1 Å². The Hall–Kier alpha value is -1.53. The second kappa shape index (κ2) is 6.14. The Balaban J connectivity index is 2.96. The molecule has 0 aliphatic rings. The standard InChI is InChI=1S/C13H16FNO/c1-4-6-13(15-5-2)11-8-7-10(16-3)9-12(11)14/h1,7-9,13,15H,5-6H2,2-3H3. The monoisotopic (exact) mass is 221 g/mol. The van der Waals surface area contributed by atoms with E-state index in [0.717, 1.165) is 6.54 Å². The van der Waals surface area contributed by atoms with Crippen molar-refractivity contribution in [3.8, 4) is 18.1 Å². The smallest absolute Gasteiger partial charge is 0.131 e. The molecule has 1 N–H and O–H groups in total. The van der Waals surface area contributed by atoms with E-state index in [9.17, 15) is 4.39 Å². The Labute approximate surface area is 95.8 Å². The maximum Gasteiger partial charge on any atom is 0.131 e. The van der Waals surface area contributed by atoms with E-state index in [1.807, 2.05) is 6.92 Å². The predicted molar refractivity (Wildman–Crippen MR) is 62.8 cm³/mol. The van der Waals surface area contributed by atoms with Crippen LogP contribution < -0.4 is 10.1 Å². The molecule has 1 atom stereocenters. The molecule has 0 bridgehead atoms. The molecule has 0 radical (unpaired) electrons. The first-order chi connectivity index (χ1) is 7.72. The van der Waals surface area contributed by atoms with E-state index in [-0.39, 0.29) is 11.9 Å². The summed E-state index contributed by atoms with van der Waals surface area (Å²) < 4.78 is 18.7. The number of benzene rings is 1. The first kappa shape index (κ1) is 12.5. The van der Waals surface area contributed by atoms with E-state index in [1.165, 1.54) is 13.2 Å². The summed E-state index contributed by atoms with van der Waals surface area (Å²) in [5, 5.41) is 3.15. The third-order valence-corrected chi connectivity index (χ3v) is 2.36. The van der Waals surface area contributed by atoms with Gasteiger partial charge in [-0.25, -0.2) is 4.39 Å². The van der Waals surface area contributed by atoms with Crippen molar-refractivity contribution < 1.29 is 9.13 Å². The molecular weight excluding hydrogens is 205 g/mol. The second-order valence-corrected chi connectivity index (χ2v) is 3.41. The highest BCUT2D eigenvalue weighted by Gasteiger charge is 2.14. The van der Waals surface area contributed by atoms with Gasteiger partial charge in [0.2, 0.25) is 0 Å². The van der Waals surface area contributed by atoms with Gasteiger partial charge in [-0.2, -0.15) is 0 Å². The molecule has 0 amide bonds. The number of methoxy groups -OCH3 is 1. The molecule has 1 aromatic carbocycles. The Kier molecular flexibility index (Phi) is 4.81. The van der Waals surface area contributed by atoms with Crippen molar-refractivity contribution in [1.82, 2.24) is 5.32 Å². The highest BCUT2D eigenvalue weighted by molar-refractivity contribution is 5.31. The molecule has 3 heteroatoms. The van der Waals surface area contributed by atoms with Crippen molar-refractivity contribution in [2.45, 2.75) is 19.4 Å². The van der Waals surface area contributed by atoms with Crippen LogP contribution in [0, 0.1) is 18.2 Å². The van der Waals surface area contributed by atoms with Crippen molar-refractivity contribution >= 4 is 0 Å². The van der Waals surface area contributed by atoms with E-state index >= 15 is 0 Å². The number of nitrogens with one attached hydrogen (secondary N) is 1. The zero-order valence-electron chi connectivity index (χ0n) is 9.59. The van der Waals surface area contributed by atoms with Crippen LogP contribution in [0.25, 0.3) is 0 Å². The van der Waals surface area contributed by atoms with Crippen LogP contribution in [0.15, 0.2) is 18.2 Å². The number of rotatable bonds is 5. The second-order valence-electron chi connectivity index (χ2n) is 3.41. The number of hydrogen-bond donors (Lipinski definition) is 1. The maximum absolute atomic E-state index is 13.7. The van der Waals surface area contributed by atoms with E-state index in [2.05, 4.69) is 11.2 Å². The molecule has 0 spiro atoms. The Bertz CT molecular complexity index is 384. The summed E-state index contributed by atoms with van der Waals surface area (Å²) in [7, 11) is 1.51. The summed E-state index contributed by atoms with van der Waals surface area (Å²) in [5.41, 5.74) is 0.584. The molecule has 0 fully saturated rings. The summed E-state index contributed by atoms with van der Waals surface area (Å²) in [6, 6.07) is 4.68. The van der Waals surface area contributed by atoms with Gasteiger partial charge in [-0.1, -0.05) is 13.0 Å². The largest absolute Gasteiger partial charge is 0.497 e. The van der Waals surface area contributed by atoms with Gasteiger partial charge >= 0.3 is 0 Å². The van der Waals surface area contributed by atoms with Crippen molar-refractivity contribution in [2.24, 2.45) is 0 Å². The van der Waals surface area contributed by atoms with Gasteiger partial charge in [0.1, 0.15) is 11.6 Å². The number of halogens is 1. The third-order valence-electron chi connectivity index (χ3n) is 2.36. The van der Waals surface area contributed by atoms with Crippen molar-refractivity contribution in [1.29, 1.82) is 0 Å². The molecule has 16 heavy (non-hydrogen) atoms. The van der Waals surface area contributed by atoms with Gasteiger partial charge in [-0.3, -0.25) is 0 Å². The zero-order chi connectivity index (χ0) is 12.0. The average molecular weight is 221 g/mol. The minimum Gasteiger partial charge on any atom is -0.497 e. The van der Waals surface area contributed by atoms with Crippen LogP contribution in [0.5, 0.6) is 5.75 Å². The molecule has 1 rings (SSSR count). The van der Waals surface area contributed by atoms with Gasteiger partial charge in [0.15, 0.2) is 0 Å². The van der Waals surface area contributed by atoms with Gasteiger partial charge < -0.3 is 10.1 Å². The summed E-state index contributed by atoms with van der Waals surface area (Å²) in [4.78, 5) is 0. The van der Waals surface area contributed by atoms with E-state index in [0.29, 0.717) is 17.7 Å². The Morgan fingerprint density at radius 2 is 2.31 bits per heavy atom. The van der Waals surface area contributed by atoms with Crippen LogP contribution >= 0.6 is 0 Å². The third kappa shape index (κ3) is 2.98. The molecular formula is C13H16FNO. The summed E-state index contributed by atoms with van der Waals surface area (Å²) in [6.07, 6.45) is 5.74. The first-order valence-corrected chi connectivity index (χ1v) is 5.23. The fourth-order valence-corrected chi connectivity index (χ4v) is 1.57. The molecule has 86 valence electrons. The minimum atomic E-state index is -0.291. The summed E-state index contributed by atoms with van der Waals surface area (Å²) in [6.45, 7) is 2.71. The van der Waals surface area contributed by atoms with Crippen LogP contribution in [0.4, 0.5) is 4.39 Å². The topological polar surface area (TPSA) is 21.3 Å². The summed E-state index contributed by atoms with van der Waals surface area (Å²) in [5.74, 6) is 2.77. The Morgan fingerprint density at radius 1 is 1.56 bits per heavy atom. The maximum atomic E-state index is 13.7. The number of hydrogen-bond acceptors (Lipinski definition) is 2. The quantitative estimate of drug-likeness (QED) is 0.771. The van der Waals surface area contributed by atoms with Gasteiger partial charge in [0.25, 0.3) is 0 Å². The lowest BCUT2D eigenvalue weighted by Crippen LogP contribution is -2.21. The molecule has 0 saturated heterocycles. The summed E-state index contributed by atoms with van der Waals surface area (Å²) >= 11 is 0. The van der Waals surface area contributed by atoms with E-state index < -0.39 is 0 Å². The van der Waals surface area contributed by atoms with Crippen LogP contribution in [-0.4, -0.2) is 13.7 Å². The SMILES string of the molecule is C#CCC(NCC)c1ccc(OC)cc1F. The number of terminal acetylenes is 1. The lowest BCUT2D eigenvalue weighted by atomic mass is 10.0. The molecule has 2 nitrogen and oxygen atoms in total. The highest BCUT2D eigenvalue weighted by Crippen LogP contribution is 2.23. The van der Waals surface area contributed by atoms with Crippen LogP contribution in [0.3, 0.4) is 0 Å². The normalized spacial score (nSPS) is 11.9. The van der Waals surface area contributed by atoms with E-state index in [4.69, 9.17) is 11.2 Å². The molecule has 1 unspecified atom stereocenters. The minimum absolute atomic E-state index is 0.138. The van der Waals surface area contributed by atoms with Crippen molar-refractivity contribution in [2.75, 3.05) is 13.7 Å². The molecule has 0 aliphatic carbocycles. The zero-order valence-corrected chi connectivity index (χ0v) is 9.59. The fraction of sp³-hybridized carbons (Fsp3) is 0.385. The molecule has 0 aromatic heterocycles. The van der Waals surface area contributed by atoms with Crippen LogP contribution in [0.1, 0.15) is 24.9 Å². The average Bonchev–Trinajstić information content (AvgIpc) is 2.29. The number of ether oxygens (including phenoxy) is 1. The van der Waals surface area contributed by atoms with Gasteiger partial charge in [-0.05, 0) is 12.6 Å². The molecule has 0 aliphatic heterocycles. The Morgan fingerprint density at radius 3 is 2.81 bits per heavy atom. The van der Waals surface area contributed by atoms with Crippen molar-refractivity contribution in [3.63, 3.8) is 0 Å². The van der Waals surface area contributed by atoms with Gasteiger partial charge in [0.05, 0.1) is 7.11 Å².